The van der Waals surface area contributed by atoms with E-state index in [1.54, 1.807) is 24.3 Å². The van der Waals surface area contributed by atoms with E-state index >= 15 is 0 Å². The average molecular weight is 289 g/mol. The van der Waals surface area contributed by atoms with Gasteiger partial charge < -0.3 is 14.6 Å². The Balaban J connectivity index is 3.08. The van der Waals surface area contributed by atoms with Crippen molar-refractivity contribution in [3.8, 4) is 17.6 Å². The fraction of sp³-hybridized carbons (Fsp3) is 0.375. The summed E-state index contributed by atoms with van der Waals surface area (Å²) >= 11 is 0. The average Bonchev–Trinajstić information content (AvgIpc) is 2.43. The van der Waals surface area contributed by atoms with Crippen LogP contribution >= 0.6 is 0 Å². The maximum atomic E-state index is 10.8. The van der Waals surface area contributed by atoms with Crippen LogP contribution in [0.1, 0.15) is 26.3 Å². The number of hydrogen-bond acceptors (Lipinski definition) is 4. The summed E-state index contributed by atoms with van der Waals surface area (Å²) in [6.45, 7) is 6.97. The first-order valence-electron chi connectivity index (χ1n) is 6.72. The topological polar surface area (TPSA) is 79.5 Å². The summed E-state index contributed by atoms with van der Waals surface area (Å²) in [7, 11) is 0. The molecule has 0 spiro atoms. The molecule has 0 unspecified atom stereocenters. The lowest BCUT2D eigenvalue weighted by Crippen LogP contribution is -2.06. The molecule has 0 amide bonds. The Kier molecular flexibility index (Phi) is 6.28. The van der Waals surface area contributed by atoms with Crippen LogP contribution in [-0.4, -0.2) is 24.3 Å². The molecule has 5 heteroatoms. The SMILES string of the molecule is CCOc1cc(/C=C(\C#N)C(=O)O)ccc1OCC(C)C. The maximum absolute atomic E-state index is 10.8. The lowest BCUT2D eigenvalue weighted by Gasteiger charge is -2.14. The molecule has 21 heavy (non-hydrogen) atoms. The molecule has 0 atom stereocenters. The van der Waals surface area contributed by atoms with Crippen LogP contribution in [0.2, 0.25) is 0 Å². The minimum Gasteiger partial charge on any atom is -0.490 e. The number of carboxylic acids is 1. The number of carboxylic acid groups (broad SMARTS) is 1. The normalized spacial score (nSPS) is 11.1. The van der Waals surface area contributed by atoms with Crippen molar-refractivity contribution >= 4 is 12.0 Å². The predicted octanol–water partition coefficient (Wildman–Crippen LogP) is 3.11. The van der Waals surface area contributed by atoms with Gasteiger partial charge in [0.2, 0.25) is 0 Å². The van der Waals surface area contributed by atoms with Gasteiger partial charge in [0, 0.05) is 0 Å². The molecular formula is C16H19NO4. The summed E-state index contributed by atoms with van der Waals surface area (Å²) in [5.41, 5.74) is 0.252. The minimum atomic E-state index is -1.25. The number of nitrogens with zero attached hydrogens (tertiary/aromatic N) is 1. The molecule has 0 saturated carbocycles. The van der Waals surface area contributed by atoms with E-state index in [2.05, 4.69) is 0 Å². The van der Waals surface area contributed by atoms with E-state index in [9.17, 15) is 4.79 Å². The van der Waals surface area contributed by atoms with Crippen LogP contribution in [-0.2, 0) is 4.79 Å². The van der Waals surface area contributed by atoms with Gasteiger partial charge in [0.25, 0.3) is 0 Å². The molecule has 5 nitrogen and oxygen atoms in total. The van der Waals surface area contributed by atoms with Crippen molar-refractivity contribution < 1.29 is 19.4 Å². The van der Waals surface area contributed by atoms with Crippen LogP contribution in [0.25, 0.3) is 6.08 Å². The van der Waals surface area contributed by atoms with Gasteiger partial charge in [0.05, 0.1) is 13.2 Å². The second-order valence-corrected chi connectivity index (χ2v) is 4.82. The van der Waals surface area contributed by atoms with E-state index < -0.39 is 5.97 Å². The Morgan fingerprint density at radius 3 is 2.62 bits per heavy atom. The highest BCUT2D eigenvalue weighted by Crippen LogP contribution is 2.29. The number of hydrogen-bond donors (Lipinski definition) is 1. The van der Waals surface area contributed by atoms with Crippen LogP contribution in [0.15, 0.2) is 23.8 Å². The summed E-state index contributed by atoms with van der Waals surface area (Å²) in [6, 6.07) is 6.72. The summed E-state index contributed by atoms with van der Waals surface area (Å²) < 4.78 is 11.2. The van der Waals surface area contributed by atoms with Crippen molar-refractivity contribution in [1.29, 1.82) is 5.26 Å². The molecule has 0 bridgehead atoms. The first-order chi connectivity index (χ1) is 9.97. The number of aliphatic carboxylic acids is 1. The third kappa shape index (κ3) is 5.19. The monoisotopic (exact) mass is 289 g/mol. The molecule has 0 fully saturated rings. The molecule has 0 aliphatic carbocycles. The zero-order chi connectivity index (χ0) is 15.8. The number of benzene rings is 1. The van der Waals surface area contributed by atoms with Crippen LogP contribution in [0.5, 0.6) is 11.5 Å². The van der Waals surface area contributed by atoms with Crippen LogP contribution in [0.3, 0.4) is 0 Å². The molecule has 112 valence electrons. The number of rotatable bonds is 7. The Morgan fingerprint density at radius 2 is 2.10 bits per heavy atom. The van der Waals surface area contributed by atoms with Gasteiger partial charge >= 0.3 is 5.97 Å². The Labute approximate surface area is 124 Å². The van der Waals surface area contributed by atoms with Gasteiger partial charge in [-0.25, -0.2) is 4.79 Å². The molecule has 0 aliphatic rings. The van der Waals surface area contributed by atoms with Crippen LogP contribution in [0, 0.1) is 17.2 Å². The molecule has 1 rings (SSSR count). The maximum Gasteiger partial charge on any atom is 0.346 e. The smallest absolute Gasteiger partial charge is 0.346 e. The Hall–Kier alpha value is -2.48. The van der Waals surface area contributed by atoms with E-state index in [4.69, 9.17) is 19.8 Å². The fourth-order valence-electron chi connectivity index (χ4n) is 1.57. The zero-order valence-electron chi connectivity index (χ0n) is 12.4. The fourth-order valence-corrected chi connectivity index (χ4v) is 1.57. The van der Waals surface area contributed by atoms with Crippen molar-refractivity contribution in [2.24, 2.45) is 5.92 Å². The predicted molar refractivity (Wildman–Crippen MR) is 79.2 cm³/mol. The highest BCUT2D eigenvalue weighted by Gasteiger charge is 2.10. The van der Waals surface area contributed by atoms with E-state index in [1.165, 1.54) is 6.08 Å². The summed E-state index contributed by atoms with van der Waals surface area (Å²) in [5.74, 6) is 0.276. The largest absolute Gasteiger partial charge is 0.490 e. The van der Waals surface area contributed by atoms with E-state index in [0.29, 0.717) is 36.2 Å². The molecule has 1 N–H and O–H groups in total. The first-order valence-corrected chi connectivity index (χ1v) is 6.72. The second kappa shape index (κ2) is 7.95. The van der Waals surface area contributed by atoms with Crippen molar-refractivity contribution in [3.05, 3.63) is 29.3 Å². The molecular weight excluding hydrogens is 270 g/mol. The van der Waals surface area contributed by atoms with Gasteiger partial charge in [-0.2, -0.15) is 5.26 Å². The number of carbonyl (C=O) groups is 1. The van der Waals surface area contributed by atoms with Gasteiger partial charge in [-0.15, -0.1) is 0 Å². The van der Waals surface area contributed by atoms with Crippen molar-refractivity contribution in [2.75, 3.05) is 13.2 Å². The summed E-state index contributed by atoms with van der Waals surface area (Å²) in [5, 5.41) is 17.6. The second-order valence-electron chi connectivity index (χ2n) is 4.82. The van der Waals surface area contributed by atoms with Gasteiger partial charge in [0.1, 0.15) is 11.6 Å². The lowest BCUT2D eigenvalue weighted by molar-refractivity contribution is -0.132. The Morgan fingerprint density at radius 1 is 1.38 bits per heavy atom. The summed E-state index contributed by atoms with van der Waals surface area (Å²) in [6.07, 6.45) is 1.30. The molecule has 0 aromatic heterocycles. The molecule has 1 aromatic carbocycles. The lowest BCUT2D eigenvalue weighted by atomic mass is 10.1. The van der Waals surface area contributed by atoms with Crippen molar-refractivity contribution in [2.45, 2.75) is 20.8 Å². The number of ether oxygens (including phenoxy) is 2. The minimum absolute atomic E-state index is 0.326. The molecule has 1 aromatic rings. The molecule has 0 heterocycles. The third-order valence-electron chi connectivity index (χ3n) is 2.50. The van der Waals surface area contributed by atoms with Gasteiger partial charge in [-0.1, -0.05) is 19.9 Å². The highest BCUT2D eigenvalue weighted by molar-refractivity contribution is 5.96. The van der Waals surface area contributed by atoms with Crippen LogP contribution in [0.4, 0.5) is 0 Å². The zero-order valence-corrected chi connectivity index (χ0v) is 12.4. The van der Waals surface area contributed by atoms with Gasteiger partial charge in [0.15, 0.2) is 11.5 Å². The van der Waals surface area contributed by atoms with Crippen molar-refractivity contribution in [3.63, 3.8) is 0 Å². The molecule has 0 aliphatic heterocycles. The van der Waals surface area contributed by atoms with Crippen molar-refractivity contribution in [1.82, 2.24) is 0 Å². The highest BCUT2D eigenvalue weighted by atomic mass is 16.5. The molecule has 0 saturated heterocycles. The third-order valence-corrected chi connectivity index (χ3v) is 2.50. The first kappa shape index (κ1) is 16.6. The van der Waals surface area contributed by atoms with E-state index in [0.717, 1.165) is 0 Å². The Bertz CT molecular complexity index is 570. The van der Waals surface area contributed by atoms with Gasteiger partial charge in [-0.3, -0.25) is 0 Å². The van der Waals surface area contributed by atoms with E-state index in [1.807, 2.05) is 20.8 Å². The molecule has 0 radical (unpaired) electrons. The summed E-state index contributed by atoms with van der Waals surface area (Å²) in [4.78, 5) is 10.8. The standard InChI is InChI=1S/C16H19NO4/c1-4-20-15-8-12(7-13(9-17)16(18)19)5-6-14(15)21-10-11(2)3/h5-8,11H,4,10H2,1-3H3,(H,18,19)/b13-7+. The van der Waals surface area contributed by atoms with E-state index in [-0.39, 0.29) is 5.57 Å². The van der Waals surface area contributed by atoms with Gasteiger partial charge in [-0.05, 0) is 36.6 Å². The van der Waals surface area contributed by atoms with Crippen LogP contribution < -0.4 is 9.47 Å². The number of nitriles is 1. The quantitative estimate of drug-likeness (QED) is 0.616.